The van der Waals surface area contributed by atoms with Crippen molar-refractivity contribution >= 4 is 38.4 Å². The van der Waals surface area contributed by atoms with Crippen molar-refractivity contribution in [3.8, 4) is 11.5 Å². The monoisotopic (exact) mass is 462 g/mol. The predicted octanol–water partition coefficient (Wildman–Crippen LogP) is 5.16. The second-order valence-corrected chi connectivity index (χ2v) is 10.1. The number of hydrogen-bond acceptors (Lipinski definition) is 8. The number of aromatic nitrogens is 1. The normalized spacial score (nSPS) is 19.7. The number of phenols is 1. The van der Waals surface area contributed by atoms with Gasteiger partial charge in [-0.25, -0.2) is 9.98 Å². The number of carbonyl (C=O) groups is 1. The zero-order valence-electron chi connectivity index (χ0n) is 18.8. The van der Waals surface area contributed by atoms with Crippen molar-refractivity contribution in [3.63, 3.8) is 0 Å². The summed E-state index contributed by atoms with van der Waals surface area (Å²) in [6.07, 6.45) is 1.21. The minimum Gasteiger partial charge on any atom is -0.504 e. The standard InChI is InChI=1S/C25H26N4O3S/c1-4-32-19-11-14(9-10-17(19)30)22-21-16(12-25(2,3)13-18(21)31)26-23(28-22)29-24-27-15-7-5-6-8-20(15)33-24/h5-11,22,30H,4,12-13H2,1-3H3,(H2,26,27,28,29). The van der Waals surface area contributed by atoms with Gasteiger partial charge in [0.05, 0.1) is 16.8 Å². The summed E-state index contributed by atoms with van der Waals surface area (Å²) < 4.78 is 6.67. The fourth-order valence-electron chi connectivity index (χ4n) is 4.44. The van der Waals surface area contributed by atoms with Gasteiger partial charge in [-0.15, -0.1) is 0 Å². The number of rotatable bonds is 4. The van der Waals surface area contributed by atoms with Crippen LogP contribution in [0.15, 0.2) is 58.7 Å². The van der Waals surface area contributed by atoms with Crippen LogP contribution in [-0.2, 0) is 4.79 Å². The van der Waals surface area contributed by atoms with Crippen LogP contribution < -0.4 is 15.4 Å². The lowest BCUT2D eigenvalue weighted by Gasteiger charge is -2.37. The van der Waals surface area contributed by atoms with E-state index < -0.39 is 6.04 Å². The van der Waals surface area contributed by atoms with Gasteiger partial charge in [-0.05, 0) is 48.6 Å². The average Bonchev–Trinajstić information content (AvgIpc) is 3.16. The number of guanidine groups is 1. The van der Waals surface area contributed by atoms with Crippen molar-refractivity contribution < 1.29 is 14.6 Å². The summed E-state index contributed by atoms with van der Waals surface area (Å²) in [5.74, 6) is 1.09. The molecule has 0 bridgehead atoms. The summed E-state index contributed by atoms with van der Waals surface area (Å²) in [4.78, 5) is 22.7. The molecule has 33 heavy (non-hydrogen) atoms. The molecule has 7 nitrogen and oxygen atoms in total. The maximum atomic E-state index is 13.2. The summed E-state index contributed by atoms with van der Waals surface area (Å²) in [7, 11) is 0. The third-order valence-corrected chi connectivity index (χ3v) is 6.79. The van der Waals surface area contributed by atoms with Gasteiger partial charge in [-0.1, -0.05) is 43.4 Å². The van der Waals surface area contributed by atoms with Crippen LogP contribution in [0.2, 0.25) is 0 Å². The molecule has 2 heterocycles. The molecule has 1 aliphatic carbocycles. The number of phenolic OH excluding ortho intramolecular Hbond substituents is 1. The maximum Gasteiger partial charge on any atom is 0.202 e. The molecule has 2 aromatic carbocycles. The SMILES string of the molecule is CCOc1cc(C2N=C(Nc3nc4ccccc4s3)NC3=C2C(=O)CC(C)(C)C3)ccc1O. The largest absolute Gasteiger partial charge is 0.504 e. The van der Waals surface area contributed by atoms with Crippen molar-refractivity contribution in [1.29, 1.82) is 0 Å². The van der Waals surface area contributed by atoms with Crippen LogP contribution in [0.1, 0.15) is 45.2 Å². The van der Waals surface area contributed by atoms with Gasteiger partial charge in [0, 0.05) is 17.7 Å². The number of allylic oxidation sites excluding steroid dienone is 1. The van der Waals surface area contributed by atoms with Gasteiger partial charge in [0.25, 0.3) is 0 Å². The van der Waals surface area contributed by atoms with Gasteiger partial charge >= 0.3 is 0 Å². The van der Waals surface area contributed by atoms with E-state index in [4.69, 9.17) is 9.73 Å². The number of fused-ring (bicyclic) bond motifs is 1. The van der Waals surface area contributed by atoms with E-state index in [-0.39, 0.29) is 16.9 Å². The Morgan fingerprint density at radius 3 is 2.85 bits per heavy atom. The highest BCUT2D eigenvalue weighted by atomic mass is 32.1. The summed E-state index contributed by atoms with van der Waals surface area (Å²) >= 11 is 1.55. The Bertz CT molecular complexity index is 1270. The molecule has 2 aliphatic rings. The second-order valence-electron chi connectivity index (χ2n) is 9.11. The Balaban J connectivity index is 1.56. The van der Waals surface area contributed by atoms with Gasteiger partial charge in [-0.3, -0.25) is 4.79 Å². The zero-order chi connectivity index (χ0) is 23.2. The fraction of sp³-hybridized carbons (Fsp3) is 0.320. The molecule has 170 valence electrons. The van der Waals surface area contributed by atoms with Crippen molar-refractivity contribution in [2.24, 2.45) is 10.4 Å². The van der Waals surface area contributed by atoms with Crippen molar-refractivity contribution in [3.05, 3.63) is 59.3 Å². The van der Waals surface area contributed by atoms with Crippen LogP contribution in [0, 0.1) is 5.41 Å². The average molecular weight is 463 g/mol. The van der Waals surface area contributed by atoms with Gasteiger partial charge < -0.3 is 20.5 Å². The highest BCUT2D eigenvalue weighted by molar-refractivity contribution is 7.22. The molecule has 8 heteroatoms. The van der Waals surface area contributed by atoms with Crippen molar-refractivity contribution in [1.82, 2.24) is 10.3 Å². The van der Waals surface area contributed by atoms with Crippen molar-refractivity contribution in [2.75, 3.05) is 11.9 Å². The molecule has 5 rings (SSSR count). The molecule has 3 aromatic rings. The molecule has 0 spiro atoms. The van der Waals surface area contributed by atoms with E-state index in [1.807, 2.05) is 31.2 Å². The topological polar surface area (TPSA) is 95.8 Å². The molecule has 3 N–H and O–H groups in total. The molecular formula is C25H26N4O3S. The fourth-order valence-corrected chi connectivity index (χ4v) is 5.30. The number of Topliss-reactive ketones (excluding diaryl/α,β-unsaturated/α-hetero) is 1. The van der Waals surface area contributed by atoms with E-state index in [9.17, 15) is 9.90 Å². The van der Waals surface area contributed by atoms with Crippen LogP contribution in [0.3, 0.4) is 0 Å². The number of para-hydroxylation sites is 1. The third kappa shape index (κ3) is 4.18. The number of hydrogen-bond donors (Lipinski definition) is 3. The molecule has 1 atom stereocenters. The van der Waals surface area contributed by atoms with E-state index in [2.05, 4.69) is 29.5 Å². The third-order valence-electron chi connectivity index (χ3n) is 5.84. The summed E-state index contributed by atoms with van der Waals surface area (Å²) in [5, 5.41) is 17.6. The van der Waals surface area contributed by atoms with Crippen LogP contribution in [0.5, 0.6) is 11.5 Å². The van der Waals surface area contributed by atoms with Crippen LogP contribution in [0.4, 0.5) is 5.13 Å². The maximum absolute atomic E-state index is 13.2. The Morgan fingerprint density at radius 1 is 1.24 bits per heavy atom. The number of nitrogens with one attached hydrogen (secondary N) is 2. The van der Waals surface area contributed by atoms with E-state index in [0.29, 0.717) is 30.3 Å². The first-order valence-electron chi connectivity index (χ1n) is 11.0. The Kier molecular flexibility index (Phi) is 5.32. The summed E-state index contributed by atoms with van der Waals surface area (Å²) in [6, 6.07) is 12.6. The number of anilines is 1. The molecule has 0 fully saturated rings. The van der Waals surface area contributed by atoms with E-state index >= 15 is 0 Å². The first-order chi connectivity index (χ1) is 15.8. The highest BCUT2D eigenvalue weighted by Crippen LogP contribution is 2.44. The lowest BCUT2D eigenvalue weighted by molar-refractivity contribution is -0.118. The van der Waals surface area contributed by atoms with E-state index in [0.717, 1.165) is 33.0 Å². The molecule has 0 saturated carbocycles. The van der Waals surface area contributed by atoms with E-state index in [1.54, 1.807) is 29.5 Å². The van der Waals surface area contributed by atoms with Crippen molar-refractivity contribution in [2.45, 2.75) is 39.7 Å². The number of thiazole rings is 1. The Hall–Kier alpha value is -3.39. The molecule has 1 aliphatic heterocycles. The summed E-state index contributed by atoms with van der Waals surface area (Å²) in [5.41, 5.74) is 3.13. The molecule has 1 unspecified atom stereocenters. The molecule has 0 amide bonds. The number of carbonyl (C=O) groups excluding carboxylic acids is 1. The lowest BCUT2D eigenvalue weighted by atomic mass is 9.73. The Labute approximate surface area is 196 Å². The number of aromatic hydroxyl groups is 1. The smallest absolute Gasteiger partial charge is 0.202 e. The van der Waals surface area contributed by atoms with Gasteiger partial charge in [0.15, 0.2) is 22.4 Å². The van der Waals surface area contributed by atoms with E-state index in [1.165, 1.54) is 0 Å². The second kappa shape index (κ2) is 8.19. The number of ketones is 1. The number of ether oxygens (including phenoxy) is 1. The van der Waals surface area contributed by atoms with Gasteiger partial charge in [0.2, 0.25) is 5.96 Å². The lowest BCUT2D eigenvalue weighted by Crippen LogP contribution is -2.41. The van der Waals surface area contributed by atoms with Gasteiger partial charge in [0.1, 0.15) is 6.04 Å². The van der Waals surface area contributed by atoms with Crippen LogP contribution in [-0.4, -0.2) is 28.4 Å². The molecular weight excluding hydrogens is 436 g/mol. The number of aliphatic imine (C=N–C) groups is 1. The van der Waals surface area contributed by atoms with Crippen LogP contribution in [0.25, 0.3) is 10.2 Å². The predicted molar refractivity (Wildman–Crippen MR) is 131 cm³/mol. The Morgan fingerprint density at radius 2 is 2.06 bits per heavy atom. The highest BCUT2D eigenvalue weighted by Gasteiger charge is 2.39. The molecule has 1 aromatic heterocycles. The quantitative estimate of drug-likeness (QED) is 0.496. The molecule has 0 radical (unpaired) electrons. The minimum atomic E-state index is -0.499. The number of nitrogens with zero attached hydrogens (tertiary/aromatic N) is 2. The minimum absolute atomic E-state index is 0.0663. The van der Waals surface area contributed by atoms with Gasteiger partial charge in [-0.2, -0.15) is 0 Å². The van der Waals surface area contributed by atoms with Crippen LogP contribution >= 0.6 is 11.3 Å². The zero-order valence-corrected chi connectivity index (χ0v) is 19.6. The number of benzene rings is 2. The first-order valence-corrected chi connectivity index (χ1v) is 11.8. The summed E-state index contributed by atoms with van der Waals surface area (Å²) in [6.45, 7) is 6.50. The molecule has 0 saturated heterocycles. The first kappa shape index (κ1) is 21.5.